The quantitative estimate of drug-likeness (QED) is 0.506. The van der Waals surface area contributed by atoms with Gasteiger partial charge >= 0.3 is 5.97 Å². The molecule has 0 fully saturated rings. The van der Waals surface area contributed by atoms with Gasteiger partial charge < -0.3 is 15.6 Å². The van der Waals surface area contributed by atoms with Gasteiger partial charge in [-0.2, -0.15) is 0 Å². The number of nitrogens with one attached hydrogen (secondary N) is 1. The van der Waals surface area contributed by atoms with Gasteiger partial charge in [0.2, 0.25) is 10.0 Å². The molecular formula is C11H16N2O5S. The van der Waals surface area contributed by atoms with Crippen LogP contribution in [-0.4, -0.2) is 39.3 Å². The molecule has 1 rings (SSSR count). The van der Waals surface area contributed by atoms with Crippen molar-refractivity contribution in [1.82, 2.24) is 4.72 Å². The van der Waals surface area contributed by atoms with E-state index in [0.717, 1.165) is 7.11 Å². The first-order valence-corrected chi connectivity index (χ1v) is 6.91. The van der Waals surface area contributed by atoms with E-state index in [1.165, 1.54) is 25.1 Å². The molecule has 19 heavy (non-hydrogen) atoms. The molecule has 0 amide bonds. The lowest BCUT2D eigenvalue weighted by Gasteiger charge is -2.14. The van der Waals surface area contributed by atoms with Gasteiger partial charge in [-0.1, -0.05) is 0 Å². The van der Waals surface area contributed by atoms with Crippen LogP contribution in [0.25, 0.3) is 0 Å². The Hall–Kier alpha value is -1.64. The number of ether oxygens (including phenoxy) is 1. The summed E-state index contributed by atoms with van der Waals surface area (Å²) in [5.41, 5.74) is 5.62. The Balaban J connectivity index is 3.32. The van der Waals surface area contributed by atoms with Gasteiger partial charge in [-0.05, 0) is 25.1 Å². The largest absolute Gasteiger partial charge is 0.465 e. The number of nitrogens with two attached hydrogens (primary N) is 1. The summed E-state index contributed by atoms with van der Waals surface area (Å²) < 4.78 is 31.0. The zero-order valence-corrected chi connectivity index (χ0v) is 11.4. The van der Waals surface area contributed by atoms with E-state index in [-0.39, 0.29) is 22.8 Å². The third-order valence-corrected chi connectivity index (χ3v) is 3.96. The Labute approximate surface area is 111 Å². The minimum absolute atomic E-state index is 0.116. The van der Waals surface area contributed by atoms with E-state index >= 15 is 0 Å². The zero-order valence-electron chi connectivity index (χ0n) is 10.6. The minimum atomic E-state index is -3.97. The maximum Gasteiger partial charge on any atom is 0.339 e. The number of carbonyl (C=O) groups is 1. The van der Waals surface area contributed by atoms with E-state index < -0.39 is 22.0 Å². The van der Waals surface area contributed by atoms with Crippen LogP contribution in [-0.2, 0) is 14.8 Å². The lowest BCUT2D eigenvalue weighted by molar-refractivity contribution is 0.0596. The molecule has 8 heteroatoms. The van der Waals surface area contributed by atoms with Crippen molar-refractivity contribution in [2.24, 2.45) is 0 Å². The SMILES string of the molecule is COC(=O)c1ccc(N)cc1S(=O)(=O)N[C@H](C)CO. The first-order chi connectivity index (χ1) is 8.81. The molecule has 0 aromatic heterocycles. The number of aliphatic hydroxyl groups excluding tert-OH is 1. The van der Waals surface area contributed by atoms with Gasteiger partial charge in [-0.3, -0.25) is 0 Å². The molecule has 0 aliphatic heterocycles. The van der Waals surface area contributed by atoms with Crippen LogP contribution >= 0.6 is 0 Å². The Morgan fingerprint density at radius 2 is 2.16 bits per heavy atom. The summed E-state index contributed by atoms with van der Waals surface area (Å²) in [6, 6.07) is 3.16. The molecule has 0 unspecified atom stereocenters. The van der Waals surface area contributed by atoms with E-state index in [1.807, 2.05) is 0 Å². The van der Waals surface area contributed by atoms with Crippen molar-refractivity contribution in [1.29, 1.82) is 0 Å². The predicted octanol–water partition coefficient (Wildman–Crippen LogP) is -0.286. The molecule has 0 saturated carbocycles. The fourth-order valence-electron chi connectivity index (χ4n) is 1.41. The van der Waals surface area contributed by atoms with E-state index in [0.29, 0.717) is 0 Å². The van der Waals surface area contributed by atoms with Crippen molar-refractivity contribution >= 4 is 21.7 Å². The van der Waals surface area contributed by atoms with Crippen LogP contribution in [0.3, 0.4) is 0 Å². The molecule has 0 spiro atoms. The summed E-state index contributed by atoms with van der Waals surface area (Å²) in [7, 11) is -2.82. The third kappa shape index (κ3) is 3.66. The van der Waals surface area contributed by atoms with E-state index in [4.69, 9.17) is 10.8 Å². The number of rotatable bonds is 5. The van der Waals surface area contributed by atoms with Crippen molar-refractivity contribution in [3.8, 4) is 0 Å². The maximum atomic E-state index is 12.1. The molecular weight excluding hydrogens is 272 g/mol. The first kappa shape index (κ1) is 15.4. The van der Waals surface area contributed by atoms with Gasteiger partial charge in [0, 0.05) is 11.7 Å². The molecule has 7 nitrogen and oxygen atoms in total. The van der Waals surface area contributed by atoms with Gasteiger partial charge in [0.15, 0.2) is 0 Å². The van der Waals surface area contributed by atoms with Crippen molar-refractivity contribution in [2.75, 3.05) is 19.5 Å². The molecule has 1 atom stereocenters. The number of hydrogen-bond acceptors (Lipinski definition) is 6. The van der Waals surface area contributed by atoms with Crippen molar-refractivity contribution in [3.05, 3.63) is 23.8 Å². The summed E-state index contributed by atoms with van der Waals surface area (Å²) in [4.78, 5) is 11.3. The topological polar surface area (TPSA) is 119 Å². The molecule has 0 bridgehead atoms. The number of carbonyl (C=O) groups excluding carboxylic acids is 1. The standard InChI is InChI=1S/C11H16N2O5S/c1-7(6-14)13-19(16,17)10-5-8(12)3-4-9(10)11(15)18-2/h3-5,7,13-14H,6,12H2,1-2H3/t7-/m1/s1. The molecule has 0 heterocycles. The van der Waals surface area contributed by atoms with Crippen LogP contribution in [0.4, 0.5) is 5.69 Å². The van der Waals surface area contributed by atoms with Crippen molar-refractivity contribution < 1.29 is 23.1 Å². The zero-order chi connectivity index (χ0) is 14.6. The Kier molecular flexibility index (Phi) is 4.87. The van der Waals surface area contributed by atoms with Gasteiger partial charge in [0.05, 0.1) is 24.2 Å². The normalized spacial score (nSPS) is 13.0. The van der Waals surface area contributed by atoms with Crippen molar-refractivity contribution in [3.63, 3.8) is 0 Å². The summed E-state index contributed by atoms with van der Waals surface area (Å²) in [5.74, 6) is -0.781. The summed E-state index contributed by atoms with van der Waals surface area (Å²) in [5, 5.41) is 8.88. The Bertz CT molecular complexity index is 570. The lowest BCUT2D eigenvalue weighted by atomic mass is 10.2. The number of anilines is 1. The van der Waals surface area contributed by atoms with Crippen LogP contribution in [0.2, 0.25) is 0 Å². The average molecular weight is 288 g/mol. The molecule has 4 N–H and O–H groups in total. The van der Waals surface area contributed by atoms with E-state index in [2.05, 4.69) is 9.46 Å². The number of hydrogen-bond donors (Lipinski definition) is 3. The van der Waals surface area contributed by atoms with Crippen LogP contribution in [0.5, 0.6) is 0 Å². The third-order valence-electron chi connectivity index (χ3n) is 2.33. The highest BCUT2D eigenvalue weighted by atomic mass is 32.2. The first-order valence-electron chi connectivity index (χ1n) is 5.43. The van der Waals surface area contributed by atoms with Gasteiger partial charge in [0.1, 0.15) is 0 Å². The Morgan fingerprint density at radius 3 is 2.68 bits per heavy atom. The highest BCUT2D eigenvalue weighted by Crippen LogP contribution is 2.20. The summed E-state index contributed by atoms with van der Waals surface area (Å²) in [6.45, 7) is 1.12. The summed E-state index contributed by atoms with van der Waals surface area (Å²) >= 11 is 0. The second-order valence-electron chi connectivity index (χ2n) is 3.95. The van der Waals surface area contributed by atoms with E-state index in [1.54, 1.807) is 0 Å². The van der Waals surface area contributed by atoms with Gasteiger partial charge in [0.25, 0.3) is 0 Å². The molecule has 0 saturated heterocycles. The number of sulfonamides is 1. The fourth-order valence-corrected chi connectivity index (χ4v) is 2.87. The maximum absolute atomic E-state index is 12.1. The molecule has 0 aliphatic carbocycles. The summed E-state index contributed by atoms with van der Waals surface area (Å²) in [6.07, 6.45) is 0. The van der Waals surface area contributed by atoms with Crippen LogP contribution in [0, 0.1) is 0 Å². The minimum Gasteiger partial charge on any atom is -0.465 e. The molecule has 0 radical (unpaired) electrons. The van der Waals surface area contributed by atoms with Gasteiger partial charge in [-0.15, -0.1) is 0 Å². The van der Waals surface area contributed by atoms with Crippen molar-refractivity contribution in [2.45, 2.75) is 17.9 Å². The second-order valence-corrected chi connectivity index (χ2v) is 5.63. The number of methoxy groups -OCH3 is 1. The molecule has 106 valence electrons. The number of nitrogen functional groups attached to an aromatic ring is 1. The lowest BCUT2D eigenvalue weighted by Crippen LogP contribution is -2.35. The van der Waals surface area contributed by atoms with Crippen LogP contribution in [0.15, 0.2) is 23.1 Å². The van der Waals surface area contributed by atoms with E-state index in [9.17, 15) is 13.2 Å². The Morgan fingerprint density at radius 1 is 1.53 bits per heavy atom. The van der Waals surface area contributed by atoms with Gasteiger partial charge in [-0.25, -0.2) is 17.9 Å². The predicted molar refractivity (Wildman–Crippen MR) is 69.1 cm³/mol. The highest BCUT2D eigenvalue weighted by Gasteiger charge is 2.24. The smallest absolute Gasteiger partial charge is 0.339 e. The number of benzene rings is 1. The van der Waals surface area contributed by atoms with Crippen LogP contribution < -0.4 is 10.5 Å². The monoisotopic (exact) mass is 288 g/mol. The number of aliphatic hydroxyl groups is 1. The fraction of sp³-hybridized carbons (Fsp3) is 0.364. The molecule has 0 aliphatic rings. The number of esters is 1. The van der Waals surface area contributed by atoms with Crippen LogP contribution in [0.1, 0.15) is 17.3 Å². The molecule has 1 aromatic carbocycles. The highest BCUT2D eigenvalue weighted by molar-refractivity contribution is 7.89. The molecule has 1 aromatic rings. The average Bonchev–Trinajstić information content (AvgIpc) is 2.37. The second kappa shape index (κ2) is 6.00.